The van der Waals surface area contributed by atoms with Crippen LogP contribution in [-0.4, -0.2) is 5.91 Å². The highest BCUT2D eigenvalue weighted by atomic mass is 79.9. The predicted molar refractivity (Wildman–Crippen MR) is 90.0 cm³/mol. The van der Waals surface area contributed by atoms with Gasteiger partial charge in [0.15, 0.2) is 0 Å². The average molecular weight is 345 g/mol. The van der Waals surface area contributed by atoms with E-state index in [1.807, 2.05) is 30.3 Å². The van der Waals surface area contributed by atoms with Gasteiger partial charge in [0.1, 0.15) is 0 Å². The third kappa shape index (κ3) is 3.64. The number of rotatable bonds is 4. The molecule has 108 valence electrons. The summed E-state index contributed by atoms with van der Waals surface area (Å²) in [4.78, 5) is 11.7. The predicted octanol–water partition coefficient (Wildman–Crippen LogP) is 4.85. The van der Waals surface area contributed by atoms with Gasteiger partial charge in [-0.05, 0) is 61.7 Å². The van der Waals surface area contributed by atoms with E-state index in [9.17, 15) is 4.79 Å². The van der Waals surface area contributed by atoms with Gasteiger partial charge in [-0.15, -0.1) is 0 Å². The minimum Gasteiger partial charge on any atom is -0.355 e. The zero-order chi connectivity index (χ0) is 14.8. The minimum atomic E-state index is 0.137. The van der Waals surface area contributed by atoms with E-state index in [1.54, 1.807) is 0 Å². The molecule has 1 amide bonds. The molecule has 2 N–H and O–H groups in total. The lowest BCUT2D eigenvalue weighted by Gasteiger charge is -2.09. The molecular weight excluding hydrogens is 328 g/mol. The Morgan fingerprint density at radius 2 is 1.67 bits per heavy atom. The molecule has 3 nitrogen and oxygen atoms in total. The topological polar surface area (TPSA) is 41.1 Å². The molecule has 21 heavy (non-hydrogen) atoms. The Hall–Kier alpha value is -1.81. The van der Waals surface area contributed by atoms with Crippen LogP contribution in [0.15, 0.2) is 46.9 Å². The number of anilines is 3. The smallest absolute Gasteiger partial charge is 0.227 e. The van der Waals surface area contributed by atoms with Crippen LogP contribution in [-0.2, 0) is 4.79 Å². The molecule has 1 aliphatic carbocycles. The molecule has 1 fully saturated rings. The van der Waals surface area contributed by atoms with E-state index in [4.69, 9.17) is 0 Å². The summed E-state index contributed by atoms with van der Waals surface area (Å²) in [5.41, 5.74) is 4.08. The lowest BCUT2D eigenvalue weighted by molar-refractivity contribution is -0.117. The summed E-state index contributed by atoms with van der Waals surface area (Å²) in [7, 11) is 0. The van der Waals surface area contributed by atoms with E-state index >= 15 is 0 Å². The van der Waals surface area contributed by atoms with E-state index in [-0.39, 0.29) is 11.8 Å². The molecule has 4 heteroatoms. The van der Waals surface area contributed by atoms with Crippen molar-refractivity contribution in [1.29, 1.82) is 0 Å². The lowest BCUT2D eigenvalue weighted by Crippen LogP contribution is -2.13. The maximum Gasteiger partial charge on any atom is 0.227 e. The zero-order valence-corrected chi connectivity index (χ0v) is 13.4. The molecule has 0 spiro atoms. The first-order valence-corrected chi connectivity index (χ1v) is 7.85. The van der Waals surface area contributed by atoms with Crippen molar-refractivity contribution in [3.63, 3.8) is 0 Å². The van der Waals surface area contributed by atoms with Crippen LogP contribution >= 0.6 is 15.9 Å². The highest BCUT2D eigenvalue weighted by Gasteiger charge is 2.29. The molecule has 0 bridgehead atoms. The zero-order valence-electron chi connectivity index (χ0n) is 11.8. The molecular formula is C17H17BrN2O. The fraction of sp³-hybridized carbons (Fsp3) is 0.235. The number of amides is 1. The van der Waals surface area contributed by atoms with E-state index in [0.29, 0.717) is 0 Å². The monoisotopic (exact) mass is 344 g/mol. The molecule has 1 saturated carbocycles. The summed E-state index contributed by atoms with van der Waals surface area (Å²) in [5.74, 6) is 0.367. The fourth-order valence-electron chi connectivity index (χ4n) is 2.06. The quantitative estimate of drug-likeness (QED) is 0.832. The second kappa shape index (κ2) is 5.90. The van der Waals surface area contributed by atoms with E-state index in [0.717, 1.165) is 34.4 Å². The molecule has 2 aromatic carbocycles. The summed E-state index contributed by atoms with van der Waals surface area (Å²) >= 11 is 3.53. The van der Waals surface area contributed by atoms with Crippen LogP contribution < -0.4 is 10.6 Å². The third-order valence-corrected chi connectivity index (χ3v) is 4.42. The minimum absolute atomic E-state index is 0.137. The molecule has 0 radical (unpaired) electrons. The van der Waals surface area contributed by atoms with Crippen molar-refractivity contribution >= 4 is 38.9 Å². The molecule has 0 aromatic heterocycles. The maximum atomic E-state index is 11.7. The molecule has 0 aliphatic heterocycles. The Bertz CT molecular complexity index is 663. The Labute approximate surface area is 132 Å². The van der Waals surface area contributed by atoms with Crippen LogP contribution in [0.3, 0.4) is 0 Å². The van der Waals surface area contributed by atoms with E-state index < -0.39 is 0 Å². The van der Waals surface area contributed by atoms with Crippen molar-refractivity contribution in [1.82, 2.24) is 0 Å². The van der Waals surface area contributed by atoms with Gasteiger partial charge in [0.2, 0.25) is 5.91 Å². The van der Waals surface area contributed by atoms with Gasteiger partial charge in [-0.2, -0.15) is 0 Å². The van der Waals surface area contributed by atoms with Crippen molar-refractivity contribution in [2.45, 2.75) is 19.8 Å². The number of benzene rings is 2. The van der Waals surface area contributed by atoms with E-state index in [1.165, 1.54) is 5.56 Å². The summed E-state index contributed by atoms with van der Waals surface area (Å²) in [5, 5.41) is 6.28. The first kappa shape index (κ1) is 14.1. The van der Waals surface area contributed by atoms with Crippen LogP contribution in [0.25, 0.3) is 0 Å². The Kier molecular flexibility index (Phi) is 3.97. The van der Waals surface area contributed by atoms with Crippen LogP contribution in [0, 0.1) is 12.8 Å². The highest BCUT2D eigenvalue weighted by Crippen LogP contribution is 2.30. The molecule has 0 unspecified atom stereocenters. The number of halogens is 1. The van der Waals surface area contributed by atoms with Crippen molar-refractivity contribution in [3.05, 3.63) is 52.5 Å². The van der Waals surface area contributed by atoms with Gasteiger partial charge >= 0.3 is 0 Å². The van der Waals surface area contributed by atoms with Crippen LogP contribution in [0.5, 0.6) is 0 Å². The summed E-state index contributed by atoms with van der Waals surface area (Å²) in [6.07, 6.45) is 2.04. The van der Waals surface area contributed by atoms with E-state index in [2.05, 4.69) is 45.6 Å². The van der Waals surface area contributed by atoms with Gasteiger partial charge in [-0.3, -0.25) is 4.79 Å². The SMILES string of the molecule is Cc1ccc(Nc2ccc(NC(=O)C3CC3)cc2)cc1Br. The van der Waals surface area contributed by atoms with Gasteiger partial charge in [-0.25, -0.2) is 0 Å². The first-order valence-electron chi connectivity index (χ1n) is 7.06. The number of carbonyl (C=O) groups is 1. The fourth-order valence-corrected chi connectivity index (χ4v) is 2.44. The summed E-state index contributed by atoms with van der Waals surface area (Å²) < 4.78 is 1.08. The van der Waals surface area contributed by atoms with Crippen LogP contribution in [0.2, 0.25) is 0 Å². The van der Waals surface area contributed by atoms with Crippen molar-refractivity contribution in [3.8, 4) is 0 Å². The maximum absolute atomic E-state index is 11.7. The summed E-state index contributed by atoms with van der Waals surface area (Å²) in [6, 6.07) is 13.9. The number of hydrogen-bond donors (Lipinski definition) is 2. The second-order valence-corrected chi connectivity index (χ2v) is 6.28. The Morgan fingerprint density at radius 1 is 1.05 bits per heavy atom. The van der Waals surface area contributed by atoms with Gasteiger partial charge in [0.25, 0.3) is 0 Å². The number of hydrogen-bond acceptors (Lipinski definition) is 2. The molecule has 2 aromatic rings. The normalized spacial score (nSPS) is 13.8. The second-order valence-electron chi connectivity index (χ2n) is 5.43. The Morgan fingerprint density at radius 3 is 2.29 bits per heavy atom. The van der Waals surface area contributed by atoms with Crippen molar-refractivity contribution in [2.75, 3.05) is 10.6 Å². The van der Waals surface area contributed by atoms with Crippen LogP contribution in [0.1, 0.15) is 18.4 Å². The molecule has 0 heterocycles. The number of aryl methyl sites for hydroxylation is 1. The highest BCUT2D eigenvalue weighted by molar-refractivity contribution is 9.10. The third-order valence-electron chi connectivity index (χ3n) is 3.56. The molecule has 1 aliphatic rings. The van der Waals surface area contributed by atoms with Gasteiger partial charge < -0.3 is 10.6 Å². The summed E-state index contributed by atoms with van der Waals surface area (Å²) in [6.45, 7) is 2.06. The number of carbonyl (C=O) groups excluding carboxylic acids is 1. The van der Waals surface area contributed by atoms with Gasteiger partial charge in [0, 0.05) is 27.5 Å². The van der Waals surface area contributed by atoms with Crippen molar-refractivity contribution in [2.24, 2.45) is 5.92 Å². The van der Waals surface area contributed by atoms with Gasteiger partial charge in [-0.1, -0.05) is 22.0 Å². The molecule has 0 saturated heterocycles. The molecule has 3 rings (SSSR count). The van der Waals surface area contributed by atoms with Gasteiger partial charge in [0.05, 0.1) is 0 Å². The Balaban J connectivity index is 1.65. The first-order chi connectivity index (χ1) is 10.1. The van der Waals surface area contributed by atoms with Crippen LogP contribution in [0.4, 0.5) is 17.1 Å². The largest absolute Gasteiger partial charge is 0.355 e. The number of nitrogens with one attached hydrogen (secondary N) is 2. The lowest BCUT2D eigenvalue weighted by atomic mass is 10.2. The standard InChI is InChI=1S/C17H17BrN2O/c1-11-2-5-15(10-16(11)18)19-13-6-8-14(9-7-13)20-17(21)12-3-4-12/h2,5-10,12,19H,3-4H2,1H3,(H,20,21). The average Bonchev–Trinajstić information content (AvgIpc) is 3.30. The van der Waals surface area contributed by atoms with Crippen molar-refractivity contribution < 1.29 is 4.79 Å². The molecule has 0 atom stereocenters.